The number of hydrogen-bond donors (Lipinski definition) is 2. The van der Waals surface area contributed by atoms with E-state index in [-0.39, 0.29) is 5.56 Å². The molecule has 0 amide bonds. The van der Waals surface area contributed by atoms with Gasteiger partial charge in [0.1, 0.15) is 11.5 Å². The first-order chi connectivity index (χ1) is 18.0. The van der Waals surface area contributed by atoms with Gasteiger partial charge in [0.2, 0.25) is 0 Å². The molecule has 3 aromatic carbocycles. The zero-order valence-corrected chi connectivity index (χ0v) is 23.4. The van der Waals surface area contributed by atoms with Crippen molar-refractivity contribution in [2.75, 3.05) is 36.0 Å². The largest absolute Gasteiger partial charge is 0.457 e. The Kier molecular flexibility index (Phi) is 7.76. The molecular weight excluding hydrogens is 528 g/mol. The zero-order chi connectivity index (χ0) is 27.8. The Morgan fingerprint density at radius 1 is 0.737 bits per heavy atom. The molecule has 11 heteroatoms. The van der Waals surface area contributed by atoms with Crippen LogP contribution in [0.5, 0.6) is 11.5 Å². The van der Waals surface area contributed by atoms with Crippen LogP contribution in [-0.2, 0) is 20.2 Å². The van der Waals surface area contributed by atoms with Crippen LogP contribution in [0.2, 0.25) is 0 Å². The van der Waals surface area contributed by atoms with Gasteiger partial charge < -0.3 is 14.5 Å². The minimum atomic E-state index is -4.89. The monoisotopic (exact) mass is 560 g/mol. The Morgan fingerprint density at radius 2 is 1.37 bits per heavy atom. The molecule has 1 aliphatic rings. The summed E-state index contributed by atoms with van der Waals surface area (Å²) in [5.74, 6) is 0.325. The van der Waals surface area contributed by atoms with Gasteiger partial charge in [-0.2, -0.15) is 16.8 Å². The molecule has 0 saturated heterocycles. The Hall–Kier alpha value is -3.12. The Balaban J connectivity index is 2.16. The number of fused-ring (bicyclic) bond motifs is 2. The van der Waals surface area contributed by atoms with Crippen molar-refractivity contribution in [2.45, 2.75) is 43.4 Å². The van der Waals surface area contributed by atoms with E-state index < -0.39 is 35.9 Å². The molecule has 1 unspecified atom stereocenters. The van der Waals surface area contributed by atoms with Crippen LogP contribution in [0.25, 0.3) is 0 Å². The quantitative estimate of drug-likeness (QED) is 0.267. The Bertz CT molecular complexity index is 1560. The first-order valence-corrected chi connectivity index (χ1v) is 15.4. The summed E-state index contributed by atoms with van der Waals surface area (Å²) in [6, 6.07) is 14.3. The molecule has 9 nitrogen and oxygen atoms in total. The van der Waals surface area contributed by atoms with Crippen LogP contribution in [0.1, 0.15) is 50.3 Å². The zero-order valence-electron chi connectivity index (χ0n) is 21.7. The van der Waals surface area contributed by atoms with Gasteiger partial charge in [-0.1, -0.05) is 24.3 Å². The van der Waals surface area contributed by atoms with Gasteiger partial charge in [0.25, 0.3) is 20.2 Å². The number of para-hydroxylation sites is 1. The lowest BCUT2D eigenvalue weighted by Crippen LogP contribution is -2.30. The van der Waals surface area contributed by atoms with Gasteiger partial charge in [0.05, 0.1) is 21.2 Å². The van der Waals surface area contributed by atoms with Gasteiger partial charge in [-0.15, -0.1) is 0 Å². The van der Waals surface area contributed by atoms with E-state index in [9.17, 15) is 25.9 Å². The van der Waals surface area contributed by atoms with Crippen molar-refractivity contribution in [3.8, 4) is 11.5 Å². The van der Waals surface area contributed by atoms with Crippen LogP contribution in [0.4, 0.5) is 11.4 Å². The summed E-state index contributed by atoms with van der Waals surface area (Å²) in [6.07, 6.45) is 0. The lowest BCUT2D eigenvalue weighted by atomic mass is 9.81. The van der Waals surface area contributed by atoms with Crippen LogP contribution < -0.4 is 14.5 Å². The molecule has 0 fully saturated rings. The molecule has 0 spiro atoms. The number of anilines is 2. The summed E-state index contributed by atoms with van der Waals surface area (Å²) in [6.45, 7) is 11.0. The summed E-state index contributed by atoms with van der Waals surface area (Å²) in [4.78, 5) is 3.15. The van der Waals surface area contributed by atoms with E-state index in [2.05, 4.69) is 23.6 Å². The van der Waals surface area contributed by atoms with E-state index in [4.69, 9.17) is 4.74 Å². The smallest absolute Gasteiger partial charge is 0.294 e. The minimum Gasteiger partial charge on any atom is -0.457 e. The van der Waals surface area contributed by atoms with E-state index in [1.807, 2.05) is 44.2 Å². The standard InChI is InChI=1S/C27H32N2O7S2/c1-5-28(6-2)21-15-16-23-26(27(21)29(7-3)8-4)25(19-11-9-10-12-22(19)36-23)20-14-13-18(37(30,31)32)17-24(20)38(33,34)35/h9-17,25H,5-8H2,1-4H3,(H,30,31,32)(H,33,34,35). The first-order valence-electron chi connectivity index (χ1n) is 12.5. The molecule has 2 N–H and O–H groups in total. The highest BCUT2D eigenvalue weighted by Crippen LogP contribution is 2.54. The molecule has 3 aromatic rings. The molecule has 0 saturated carbocycles. The molecule has 4 rings (SSSR count). The summed E-state index contributed by atoms with van der Waals surface area (Å²) < 4.78 is 75.1. The number of ether oxygens (including phenoxy) is 1. The lowest BCUT2D eigenvalue weighted by Gasteiger charge is -2.38. The van der Waals surface area contributed by atoms with Crippen molar-refractivity contribution in [1.82, 2.24) is 0 Å². The third kappa shape index (κ3) is 4.98. The molecule has 1 aliphatic heterocycles. The maximum absolute atomic E-state index is 12.6. The van der Waals surface area contributed by atoms with Crippen molar-refractivity contribution in [2.24, 2.45) is 0 Å². The second-order valence-electron chi connectivity index (χ2n) is 8.91. The molecular formula is C27H32N2O7S2. The maximum Gasteiger partial charge on any atom is 0.294 e. The van der Waals surface area contributed by atoms with E-state index >= 15 is 0 Å². The van der Waals surface area contributed by atoms with Crippen molar-refractivity contribution in [1.29, 1.82) is 0 Å². The molecule has 204 valence electrons. The number of rotatable bonds is 9. The van der Waals surface area contributed by atoms with E-state index in [0.29, 0.717) is 35.7 Å². The SMILES string of the molecule is CCN(CC)c1ccc2c(c1N(CC)CC)C(c1ccc(S(=O)(=O)O)cc1S(=O)(=O)O)c1ccccc1O2. The minimum absolute atomic E-state index is 0.169. The fraction of sp³-hybridized carbons (Fsp3) is 0.333. The van der Waals surface area contributed by atoms with Crippen LogP contribution in [-0.4, -0.2) is 52.1 Å². The summed E-state index contributed by atoms with van der Waals surface area (Å²) in [5.41, 5.74) is 3.36. The highest BCUT2D eigenvalue weighted by atomic mass is 32.2. The van der Waals surface area contributed by atoms with Gasteiger partial charge in [-0.25, -0.2) is 0 Å². The number of benzene rings is 3. The van der Waals surface area contributed by atoms with E-state index in [1.54, 1.807) is 6.07 Å². The number of nitrogens with zero attached hydrogens (tertiary/aromatic N) is 2. The summed E-state index contributed by atoms with van der Waals surface area (Å²) in [5, 5.41) is 0. The van der Waals surface area contributed by atoms with Crippen molar-refractivity contribution in [3.05, 3.63) is 71.3 Å². The predicted octanol–water partition coefficient (Wildman–Crippen LogP) is 5.16. The average Bonchev–Trinajstić information content (AvgIpc) is 2.88. The second kappa shape index (κ2) is 10.6. The first kappa shape index (κ1) is 27.9. The Labute approximate surface area is 224 Å². The highest BCUT2D eigenvalue weighted by Gasteiger charge is 2.37. The van der Waals surface area contributed by atoms with Crippen LogP contribution >= 0.6 is 0 Å². The molecule has 0 aromatic heterocycles. The van der Waals surface area contributed by atoms with Crippen molar-refractivity contribution in [3.63, 3.8) is 0 Å². The van der Waals surface area contributed by atoms with Gasteiger partial charge in [0, 0.05) is 43.2 Å². The fourth-order valence-corrected chi connectivity index (χ4v) is 6.52. The van der Waals surface area contributed by atoms with Gasteiger partial charge >= 0.3 is 0 Å². The predicted molar refractivity (Wildman–Crippen MR) is 147 cm³/mol. The molecule has 0 bridgehead atoms. The van der Waals surface area contributed by atoms with Crippen molar-refractivity contribution >= 4 is 31.6 Å². The molecule has 0 radical (unpaired) electrons. The van der Waals surface area contributed by atoms with Gasteiger partial charge in [-0.05, 0) is 63.6 Å². The molecule has 1 heterocycles. The van der Waals surface area contributed by atoms with Crippen molar-refractivity contribution < 1.29 is 30.7 Å². The second-order valence-corrected chi connectivity index (χ2v) is 11.7. The van der Waals surface area contributed by atoms with E-state index in [0.717, 1.165) is 36.6 Å². The summed E-state index contributed by atoms with van der Waals surface area (Å²) >= 11 is 0. The third-order valence-corrected chi connectivity index (χ3v) is 8.71. The van der Waals surface area contributed by atoms with Gasteiger partial charge in [0.15, 0.2) is 0 Å². The normalized spacial score (nSPS) is 14.8. The summed E-state index contributed by atoms with van der Waals surface area (Å²) in [7, 11) is -9.61. The topological polar surface area (TPSA) is 124 Å². The molecule has 38 heavy (non-hydrogen) atoms. The lowest BCUT2D eigenvalue weighted by molar-refractivity contribution is 0.450. The van der Waals surface area contributed by atoms with Crippen LogP contribution in [0.15, 0.2) is 64.4 Å². The average molecular weight is 561 g/mol. The van der Waals surface area contributed by atoms with Crippen LogP contribution in [0.3, 0.4) is 0 Å². The molecule has 0 aliphatic carbocycles. The van der Waals surface area contributed by atoms with Crippen LogP contribution in [0, 0.1) is 0 Å². The van der Waals surface area contributed by atoms with Gasteiger partial charge in [-0.3, -0.25) is 9.11 Å². The molecule has 1 atom stereocenters. The van der Waals surface area contributed by atoms with E-state index in [1.165, 1.54) is 6.07 Å². The maximum atomic E-state index is 12.6. The third-order valence-electron chi connectivity index (χ3n) is 6.95. The Morgan fingerprint density at radius 3 is 1.95 bits per heavy atom. The fourth-order valence-electron chi connectivity index (χ4n) is 5.18. The number of hydrogen-bond acceptors (Lipinski definition) is 7. The highest BCUT2D eigenvalue weighted by molar-refractivity contribution is 7.86.